The van der Waals surface area contributed by atoms with Crippen LogP contribution in [0.3, 0.4) is 0 Å². The second-order valence-electron chi connectivity index (χ2n) is 5.11. The molecule has 0 unspecified atom stereocenters. The minimum Gasteiger partial charge on any atom is -0.394 e. The molecule has 0 aromatic carbocycles. The van der Waals surface area contributed by atoms with E-state index in [9.17, 15) is 0 Å². The van der Waals surface area contributed by atoms with Crippen LogP contribution in [-0.4, -0.2) is 41.4 Å². The Labute approximate surface area is 118 Å². The number of halogens is 1. The molecule has 6 nitrogen and oxygen atoms in total. The molecule has 1 heterocycles. The van der Waals surface area contributed by atoms with Crippen molar-refractivity contribution in [1.29, 1.82) is 0 Å². The number of aliphatic hydroxyl groups is 1. The summed E-state index contributed by atoms with van der Waals surface area (Å²) in [4.78, 5) is 8.57. The van der Waals surface area contributed by atoms with Crippen LogP contribution in [0.15, 0.2) is 0 Å². The third-order valence-corrected chi connectivity index (χ3v) is 2.63. The molecule has 0 saturated heterocycles. The smallest absolute Gasteiger partial charge is 0.157 e. The van der Waals surface area contributed by atoms with Gasteiger partial charge in [-0.25, -0.2) is 9.97 Å². The van der Waals surface area contributed by atoms with Gasteiger partial charge in [0.25, 0.3) is 0 Å². The Kier molecular flexibility index (Phi) is 5.78. The molecule has 0 aliphatic heterocycles. The fraction of sp³-hybridized carbons (Fsp3) is 0.667. The van der Waals surface area contributed by atoms with Crippen LogP contribution in [0.25, 0.3) is 0 Å². The standard InChI is InChI=1S/C12H21ClN4O2/c1-12(2,3)11-16-9(13)8(14)10(17-11)15-4-6-19-7-5-18/h18H,4-7,14H2,1-3H3,(H,15,16,17). The Morgan fingerprint density at radius 2 is 2.00 bits per heavy atom. The monoisotopic (exact) mass is 288 g/mol. The maximum absolute atomic E-state index is 8.59. The van der Waals surface area contributed by atoms with E-state index in [1.807, 2.05) is 20.8 Å². The summed E-state index contributed by atoms with van der Waals surface area (Å²) in [5, 5.41) is 11.9. The fourth-order valence-electron chi connectivity index (χ4n) is 1.32. The summed E-state index contributed by atoms with van der Waals surface area (Å²) < 4.78 is 5.14. The molecule has 0 aliphatic rings. The molecule has 108 valence electrons. The third-order valence-electron chi connectivity index (χ3n) is 2.34. The van der Waals surface area contributed by atoms with Crippen molar-refractivity contribution in [2.45, 2.75) is 26.2 Å². The van der Waals surface area contributed by atoms with Gasteiger partial charge in [0, 0.05) is 12.0 Å². The van der Waals surface area contributed by atoms with Crippen LogP contribution >= 0.6 is 11.6 Å². The van der Waals surface area contributed by atoms with Crippen molar-refractivity contribution >= 4 is 23.1 Å². The molecule has 0 amide bonds. The highest BCUT2D eigenvalue weighted by Gasteiger charge is 2.20. The Balaban J connectivity index is 2.74. The van der Waals surface area contributed by atoms with Gasteiger partial charge in [0.1, 0.15) is 11.5 Å². The molecule has 0 fully saturated rings. The number of anilines is 2. The van der Waals surface area contributed by atoms with E-state index in [1.165, 1.54) is 0 Å². The van der Waals surface area contributed by atoms with Crippen LogP contribution in [-0.2, 0) is 10.2 Å². The summed E-state index contributed by atoms with van der Waals surface area (Å²) in [5.74, 6) is 1.14. The van der Waals surface area contributed by atoms with E-state index < -0.39 is 0 Å². The summed E-state index contributed by atoms with van der Waals surface area (Å²) in [6, 6.07) is 0. The Morgan fingerprint density at radius 1 is 1.32 bits per heavy atom. The van der Waals surface area contributed by atoms with Crippen LogP contribution in [0.5, 0.6) is 0 Å². The first-order valence-corrected chi connectivity index (χ1v) is 6.50. The van der Waals surface area contributed by atoms with Gasteiger partial charge in [0.15, 0.2) is 11.0 Å². The average molecular weight is 289 g/mol. The van der Waals surface area contributed by atoms with Crippen LogP contribution in [0.2, 0.25) is 5.15 Å². The quantitative estimate of drug-likeness (QED) is 0.542. The number of rotatable bonds is 6. The lowest BCUT2D eigenvalue weighted by molar-refractivity contribution is 0.0992. The van der Waals surface area contributed by atoms with Gasteiger partial charge in [-0.3, -0.25) is 0 Å². The van der Waals surface area contributed by atoms with Crippen molar-refractivity contribution in [3.8, 4) is 0 Å². The molecule has 4 N–H and O–H groups in total. The van der Waals surface area contributed by atoms with Crippen molar-refractivity contribution in [3.05, 3.63) is 11.0 Å². The van der Waals surface area contributed by atoms with E-state index in [1.54, 1.807) is 0 Å². The summed E-state index contributed by atoms with van der Waals surface area (Å²) in [5.41, 5.74) is 5.96. The van der Waals surface area contributed by atoms with Gasteiger partial charge >= 0.3 is 0 Å². The van der Waals surface area contributed by atoms with E-state index in [4.69, 9.17) is 27.2 Å². The molecule has 19 heavy (non-hydrogen) atoms. The van der Waals surface area contributed by atoms with Gasteiger partial charge in [-0.15, -0.1) is 0 Å². The molecule has 7 heteroatoms. The first-order chi connectivity index (χ1) is 8.86. The van der Waals surface area contributed by atoms with E-state index in [2.05, 4.69) is 15.3 Å². The number of hydrogen-bond donors (Lipinski definition) is 3. The summed E-state index contributed by atoms with van der Waals surface area (Å²) in [6.45, 7) is 7.31. The Hall–Kier alpha value is -1.11. The SMILES string of the molecule is CC(C)(C)c1nc(Cl)c(N)c(NCCOCCO)n1. The van der Waals surface area contributed by atoms with Crippen molar-refractivity contribution < 1.29 is 9.84 Å². The first-order valence-electron chi connectivity index (χ1n) is 6.12. The predicted molar refractivity (Wildman–Crippen MR) is 76.5 cm³/mol. The zero-order valence-corrected chi connectivity index (χ0v) is 12.3. The predicted octanol–water partition coefficient (Wildman–Crippen LogP) is 1.43. The van der Waals surface area contributed by atoms with Crippen LogP contribution in [0.4, 0.5) is 11.5 Å². The first kappa shape index (κ1) is 15.9. The lowest BCUT2D eigenvalue weighted by Crippen LogP contribution is -2.20. The number of aliphatic hydroxyl groups excluding tert-OH is 1. The number of nitrogens with two attached hydrogens (primary N) is 1. The highest BCUT2D eigenvalue weighted by molar-refractivity contribution is 6.32. The van der Waals surface area contributed by atoms with E-state index in [0.717, 1.165) is 0 Å². The fourth-order valence-corrected chi connectivity index (χ4v) is 1.49. The van der Waals surface area contributed by atoms with E-state index in [0.29, 0.717) is 37.1 Å². The van der Waals surface area contributed by atoms with Crippen molar-refractivity contribution in [2.24, 2.45) is 0 Å². The van der Waals surface area contributed by atoms with Gasteiger partial charge in [0.05, 0.1) is 19.8 Å². The number of hydrogen-bond acceptors (Lipinski definition) is 6. The van der Waals surface area contributed by atoms with Crippen molar-refractivity contribution in [1.82, 2.24) is 9.97 Å². The van der Waals surface area contributed by atoms with Gasteiger partial charge in [0.2, 0.25) is 0 Å². The Morgan fingerprint density at radius 3 is 2.58 bits per heavy atom. The largest absolute Gasteiger partial charge is 0.394 e. The minimum atomic E-state index is -0.207. The van der Waals surface area contributed by atoms with Gasteiger partial charge in [-0.2, -0.15) is 0 Å². The molecular weight excluding hydrogens is 268 g/mol. The topological polar surface area (TPSA) is 93.3 Å². The molecule has 1 rings (SSSR count). The second-order valence-corrected chi connectivity index (χ2v) is 5.47. The molecular formula is C12H21ClN4O2. The number of nitrogens with zero attached hydrogens (tertiary/aromatic N) is 2. The van der Waals surface area contributed by atoms with E-state index in [-0.39, 0.29) is 17.2 Å². The Bertz CT molecular complexity index is 421. The van der Waals surface area contributed by atoms with Crippen LogP contribution in [0.1, 0.15) is 26.6 Å². The lowest BCUT2D eigenvalue weighted by atomic mass is 9.96. The normalized spacial score (nSPS) is 11.6. The van der Waals surface area contributed by atoms with Crippen molar-refractivity contribution in [3.63, 3.8) is 0 Å². The van der Waals surface area contributed by atoms with Crippen LogP contribution in [0, 0.1) is 0 Å². The van der Waals surface area contributed by atoms with E-state index >= 15 is 0 Å². The minimum absolute atomic E-state index is 0.00957. The summed E-state index contributed by atoms with van der Waals surface area (Å²) in [7, 11) is 0. The molecule has 0 radical (unpaired) electrons. The summed E-state index contributed by atoms with van der Waals surface area (Å²) in [6.07, 6.45) is 0. The zero-order chi connectivity index (χ0) is 14.5. The summed E-state index contributed by atoms with van der Waals surface area (Å²) >= 11 is 6.01. The number of aromatic nitrogens is 2. The highest BCUT2D eigenvalue weighted by Crippen LogP contribution is 2.28. The molecule has 1 aromatic heterocycles. The number of ether oxygens (including phenoxy) is 1. The maximum Gasteiger partial charge on any atom is 0.157 e. The van der Waals surface area contributed by atoms with Gasteiger partial charge in [-0.1, -0.05) is 32.4 Å². The molecule has 0 aliphatic carbocycles. The second kappa shape index (κ2) is 6.88. The molecule has 0 bridgehead atoms. The van der Waals surface area contributed by atoms with Crippen LogP contribution < -0.4 is 11.1 Å². The third kappa shape index (κ3) is 4.81. The maximum atomic E-state index is 8.59. The number of nitrogens with one attached hydrogen (secondary N) is 1. The molecule has 1 aromatic rings. The lowest BCUT2D eigenvalue weighted by Gasteiger charge is -2.19. The zero-order valence-electron chi connectivity index (χ0n) is 11.5. The number of nitrogen functional groups attached to an aromatic ring is 1. The van der Waals surface area contributed by atoms with Gasteiger partial charge < -0.3 is 20.9 Å². The molecule has 0 saturated carbocycles. The van der Waals surface area contributed by atoms with Gasteiger partial charge in [-0.05, 0) is 0 Å². The molecule has 0 spiro atoms. The van der Waals surface area contributed by atoms with Crippen molar-refractivity contribution in [2.75, 3.05) is 37.4 Å². The molecule has 0 atom stereocenters. The average Bonchev–Trinajstić information content (AvgIpc) is 2.32. The highest BCUT2D eigenvalue weighted by atomic mass is 35.5.